The molecule has 2 aromatic heterocycles. The molecule has 0 N–H and O–H groups in total. The van der Waals surface area contributed by atoms with Gasteiger partial charge in [0.05, 0.1) is 11.2 Å². The summed E-state index contributed by atoms with van der Waals surface area (Å²) in [5.74, 6) is 1.02. The van der Waals surface area contributed by atoms with Gasteiger partial charge in [0.1, 0.15) is 4.90 Å². The van der Waals surface area contributed by atoms with Gasteiger partial charge in [-0.1, -0.05) is 0 Å². The van der Waals surface area contributed by atoms with E-state index in [0.717, 1.165) is 30.7 Å². The Bertz CT molecular complexity index is 1150. The third-order valence-electron chi connectivity index (χ3n) is 4.60. The van der Waals surface area contributed by atoms with Gasteiger partial charge in [0.15, 0.2) is 16.7 Å². The van der Waals surface area contributed by atoms with Gasteiger partial charge in [-0.15, -0.1) is 10.2 Å². The number of nitro benzene ring substituents is 1. The largest absolute Gasteiger partial charge is 0.461 e. The Morgan fingerprint density at radius 1 is 1.21 bits per heavy atom. The lowest BCUT2D eigenvalue weighted by Crippen LogP contribution is -2.28. The molecule has 0 amide bonds. The molecule has 0 radical (unpaired) electrons. The Morgan fingerprint density at radius 2 is 1.97 bits per heavy atom. The summed E-state index contributed by atoms with van der Waals surface area (Å²) in [4.78, 5) is 10.9. The molecule has 0 spiro atoms. The minimum absolute atomic E-state index is 0.0962. The summed E-state index contributed by atoms with van der Waals surface area (Å²) in [6, 6.07) is 7.31. The van der Waals surface area contributed by atoms with Crippen LogP contribution in [-0.4, -0.2) is 45.5 Å². The lowest BCUT2D eigenvalue weighted by Gasteiger charge is -2.17. The number of aromatic nitrogens is 3. The van der Waals surface area contributed by atoms with E-state index in [1.54, 1.807) is 23.7 Å². The zero-order chi connectivity index (χ0) is 20.6. The second-order valence-electron chi connectivity index (χ2n) is 6.44. The molecule has 0 unspecified atom stereocenters. The summed E-state index contributed by atoms with van der Waals surface area (Å²) in [6.07, 6.45) is 3.06. The maximum atomic E-state index is 13.1. The Hall–Kier alpha value is -2.70. The van der Waals surface area contributed by atoms with Gasteiger partial charge in [0, 0.05) is 37.2 Å². The third kappa shape index (κ3) is 3.66. The molecule has 0 atom stereocenters. The molecule has 3 heterocycles. The van der Waals surface area contributed by atoms with Crippen LogP contribution in [0.25, 0.3) is 11.6 Å². The summed E-state index contributed by atoms with van der Waals surface area (Å²) in [6.45, 7) is 0.809. The standard InChI is InChI=1S/C17H17N5O5S2/c1-20-16(13-5-4-10-27-13)18-19-17(20)28-14-7-6-12(22(23)24)11-15(14)29(25,26)21-8-2-3-9-21/h4-7,10-11H,2-3,8-9H2,1H3. The fourth-order valence-corrected chi connectivity index (χ4v) is 5.93. The first-order valence-corrected chi connectivity index (χ1v) is 11.0. The minimum atomic E-state index is -3.86. The van der Waals surface area contributed by atoms with Crippen molar-refractivity contribution in [1.82, 2.24) is 19.1 Å². The molecule has 3 aromatic rings. The topological polar surface area (TPSA) is 124 Å². The number of hydrogen-bond donors (Lipinski definition) is 0. The van der Waals surface area contributed by atoms with E-state index in [4.69, 9.17) is 4.42 Å². The molecule has 1 aromatic carbocycles. The molecule has 1 aliphatic heterocycles. The molecule has 4 rings (SSSR count). The summed E-state index contributed by atoms with van der Waals surface area (Å²) in [5, 5.41) is 19.9. The van der Waals surface area contributed by atoms with E-state index in [0.29, 0.717) is 34.7 Å². The first-order chi connectivity index (χ1) is 13.9. The lowest BCUT2D eigenvalue weighted by molar-refractivity contribution is -0.385. The van der Waals surface area contributed by atoms with Gasteiger partial charge >= 0.3 is 0 Å². The minimum Gasteiger partial charge on any atom is -0.461 e. The van der Waals surface area contributed by atoms with E-state index in [9.17, 15) is 18.5 Å². The van der Waals surface area contributed by atoms with Crippen LogP contribution < -0.4 is 0 Å². The quantitative estimate of drug-likeness (QED) is 0.427. The maximum absolute atomic E-state index is 13.1. The summed E-state index contributed by atoms with van der Waals surface area (Å²) >= 11 is 1.08. The second-order valence-corrected chi connectivity index (χ2v) is 9.36. The third-order valence-corrected chi connectivity index (χ3v) is 7.78. The van der Waals surface area contributed by atoms with Crippen LogP contribution >= 0.6 is 11.8 Å². The van der Waals surface area contributed by atoms with Crippen LogP contribution in [-0.2, 0) is 17.1 Å². The van der Waals surface area contributed by atoms with Crippen molar-refractivity contribution in [1.29, 1.82) is 0 Å². The van der Waals surface area contributed by atoms with Gasteiger partial charge in [-0.05, 0) is 42.8 Å². The normalized spacial score (nSPS) is 15.1. The van der Waals surface area contributed by atoms with Crippen molar-refractivity contribution < 1.29 is 17.8 Å². The van der Waals surface area contributed by atoms with E-state index in [1.165, 1.54) is 22.7 Å². The van der Waals surface area contributed by atoms with Gasteiger partial charge in [0.2, 0.25) is 10.0 Å². The predicted octanol–water partition coefficient (Wildman–Crippen LogP) is 2.92. The average molecular weight is 435 g/mol. The molecule has 10 nitrogen and oxygen atoms in total. The molecule has 0 aliphatic carbocycles. The van der Waals surface area contributed by atoms with Crippen LogP contribution in [0.1, 0.15) is 12.8 Å². The molecule has 12 heteroatoms. The average Bonchev–Trinajstić information content (AvgIpc) is 3.44. The maximum Gasteiger partial charge on any atom is 0.270 e. The number of sulfonamides is 1. The Kier molecular flexibility index (Phi) is 5.15. The molecule has 1 aliphatic rings. The van der Waals surface area contributed by atoms with E-state index < -0.39 is 14.9 Å². The van der Waals surface area contributed by atoms with Gasteiger partial charge < -0.3 is 8.98 Å². The summed E-state index contributed by atoms with van der Waals surface area (Å²) in [5.41, 5.74) is -0.277. The number of non-ortho nitro benzene ring substituents is 1. The number of nitro groups is 1. The SMILES string of the molecule is Cn1c(Sc2ccc([N+](=O)[O-])cc2S(=O)(=O)N2CCCC2)nnc1-c1ccco1. The molecule has 0 bridgehead atoms. The van der Waals surface area contributed by atoms with Gasteiger partial charge in [-0.3, -0.25) is 10.1 Å². The number of hydrogen-bond acceptors (Lipinski definition) is 8. The highest BCUT2D eigenvalue weighted by Crippen LogP contribution is 2.37. The molecule has 29 heavy (non-hydrogen) atoms. The number of furan rings is 1. The van der Waals surface area contributed by atoms with Crippen molar-refractivity contribution in [2.24, 2.45) is 7.05 Å². The molecular formula is C17H17N5O5S2. The molecule has 1 saturated heterocycles. The highest BCUT2D eigenvalue weighted by atomic mass is 32.2. The Balaban J connectivity index is 1.75. The smallest absolute Gasteiger partial charge is 0.270 e. The van der Waals surface area contributed by atoms with Crippen molar-refractivity contribution in [3.8, 4) is 11.6 Å². The fraction of sp³-hybridized carbons (Fsp3) is 0.294. The molecular weight excluding hydrogens is 418 g/mol. The van der Waals surface area contributed by atoms with Crippen molar-refractivity contribution in [3.05, 3.63) is 46.7 Å². The van der Waals surface area contributed by atoms with E-state index in [1.807, 2.05) is 0 Å². The molecule has 1 fully saturated rings. The highest BCUT2D eigenvalue weighted by Gasteiger charge is 2.31. The highest BCUT2D eigenvalue weighted by molar-refractivity contribution is 8.00. The van der Waals surface area contributed by atoms with Crippen LogP contribution in [0, 0.1) is 10.1 Å². The second kappa shape index (κ2) is 7.61. The first-order valence-electron chi connectivity index (χ1n) is 8.77. The Morgan fingerprint density at radius 3 is 2.62 bits per heavy atom. The first kappa shape index (κ1) is 19.6. The zero-order valence-electron chi connectivity index (χ0n) is 15.4. The van der Waals surface area contributed by atoms with Crippen LogP contribution in [0.15, 0.2) is 56.0 Å². The summed E-state index contributed by atoms with van der Waals surface area (Å²) < 4.78 is 34.6. The van der Waals surface area contributed by atoms with E-state index in [2.05, 4.69) is 10.2 Å². The van der Waals surface area contributed by atoms with Gasteiger partial charge in [0.25, 0.3) is 5.69 Å². The number of nitrogens with zero attached hydrogens (tertiary/aromatic N) is 5. The number of rotatable bonds is 6. The van der Waals surface area contributed by atoms with Crippen molar-refractivity contribution in [2.75, 3.05) is 13.1 Å². The fourth-order valence-electron chi connectivity index (χ4n) is 3.09. The van der Waals surface area contributed by atoms with Crippen molar-refractivity contribution in [3.63, 3.8) is 0 Å². The van der Waals surface area contributed by atoms with Crippen LogP contribution in [0.5, 0.6) is 0 Å². The van der Waals surface area contributed by atoms with Crippen LogP contribution in [0.4, 0.5) is 5.69 Å². The van der Waals surface area contributed by atoms with Gasteiger partial charge in [-0.2, -0.15) is 4.31 Å². The van der Waals surface area contributed by atoms with Crippen molar-refractivity contribution in [2.45, 2.75) is 27.8 Å². The zero-order valence-corrected chi connectivity index (χ0v) is 17.0. The Labute approximate surface area is 170 Å². The monoisotopic (exact) mass is 435 g/mol. The predicted molar refractivity (Wildman–Crippen MR) is 104 cm³/mol. The summed E-state index contributed by atoms with van der Waals surface area (Å²) in [7, 11) is -2.13. The number of benzene rings is 1. The van der Waals surface area contributed by atoms with Gasteiger partial charge in [-0.25, -0.2) is 8.42 Å². The van der Waals surface area contributed by atoms with Crippen molar-refractivity contribution >= 4 is 27.5 Å². The van der Waals surface area contributed by atoms with Crippen LogP contribution in [0.2, 0.25) is 0 Å². The lowest BCUT2D eigenvalue weighted by atomic mass is 10.3. The molecule has 0 saturated carbocycles. The van der Waals surface area contributed by atoms with E-state index >= 15 is 0 Å². The van der Waals surface area contributed by atoms with E-state index in [-0.39, 0.29) is 10.6 Å². The molecule has 152 valence electrons. The van der Waals surface area contributed by atoms with Crippen LogP contribution in [0.3, 0.4) is 0 Å².